The number of aliphatic hydroxyl groups is 1. The van der Waals surface area contributed by atoms with Gasteiger partial charge in [-0.1, -0.05) is 12.1 Å². The molecule has 6 heteroatoms. The molecule has 150 valence electrons. The highest BCUT2D eigenvalue weighted by Crippen LogP contribution is 2.39. The van der Waals surface area contributed by atoms with Gasteiger partial charge in [0.1, 0.15) is 0 Å². The zero-order chi connectivity index (χ0) is 19.6. The normalized spacial score (nSPS) is 23.5. The van der Waals surface area contributed by atoms with Crippen molar-refractivity contribution in [2.75, 3.05) is 32.8 Å². The van der Waals surface area contributed by atoms with Gasteiger partial charge in [-0.15, -0.1) is 0 Å². The molecule has 1 atom stereocenters. The number of hydrogen-bond donors (Lipinski definition) is 1. The van der Waals surface area contributed by atoms with Crippen molar-refractivity contribution in [3.05, 3.63) is 47.8 Å². The van der Waals surface area contributed by atoms with E-state index < -0.39 is 0 Å². The summed E-state index contributed by atoms with van der Waals surface area (Å²) in [5.41, 5.74) is 3.71. The van der Waals surface area contributed by atoms with Crippen LogP contribution in [0.3, 0.4) is 0 Å². The van der Waals surface area contributed by atoms with Crippen molar-refractivity contribution in [2.24, 2.45) is 5.41 Å². The first-order chi connectivity index (χ1) is 13.6. The number of carbonyl (C=O) groups is 1. The highest BCUT2D eigenvalue weighted by atomic mass is 16.3. The Morgan fingerprint density at radius 2 is 2.14 bits per heavy atom. The predicted octanol–water partition coefficient (Wildman–Crippen LogP) is 2.38. The average molecular weight is 383 g/mol. The largest absolute Gasteiger partial charge is 0.395 e. The van der Waals surface area contributed by atoms with Crippen molar-refractivity contribution in [3.8, 4) is 5.69 Å². The van der Waals surface area contributed by atoms with E-state index in [0.717, 1.165) is 44.7 Å². The highest BCUT2D eigenvalue weighted by Gasteiger charge is 2.41. The van der Waals surface area contributed by atoms with E-state index in [4.69, 9.17) is 0 Å². The van der Waals surface area contributed by atoms with Crippen LogP contribution >= 0.6 is 0 Å². The van der Waals surface area contributed by atoms with E-state index in [1.54, 1.807) is 0 Å². The number of benzene rings is 1. The van der Waals surface area contributed by atoms with Crippen molar-refractivity contribution >= 4 is 5.91 Å². The van der Waals surface area contributed by atoms with Crippen molar-refractivity contribution in [1.29, 1.82) is 0 Å². The van der Waals surface area contributed by atoms with E-state index >= 15 is 0 Å². The molecule has 2 saturated heterocycles. The first kappa shape index (κ1) is 19.2. The Hall–Kier alpha value is -2.18. The molecule has 0 radical (unpaired) electrons. The van der Waals surface area contributed by atoms with Crippen LogP contribution in [0.1, 0.15) is 36.8 Å². The maximum absolute atomic E-state index is 12.1. The molecule has 1 aromatic carbocycles. The van der Waals surface area contributed by atoms with Crippen LogP contribution in [0.25, 0.3) is 5.69 Å². The standard InChI is InChI=1S/C22H30N4O2/c1-18-4-2-5-20(12-18)26-15-19(13-23-26)14-24-9-3-7-22(16-24)8-6-21(28)25(17-22)10-11-27/h2,4-5,12-13,15,27H,3,6-11,14,16-17H2,1H3. The quantitative estimate of drug-likeness (QED) is 0.863. The number of hydrogen-bond acceptors (Lipinski definition) is 4. The van der Waals surface area contributed by atoms with Gasteiger partial charge in [0, 0.05) is 49.8 Å². The number of aryl methyl sites for hydroxylation is 1. The molecular weight excluding hydrogens is 352 g/mol. The summed E-state index contributed by atoms with van der Waals surface area (Å²) < 4.78 is 1.95. The molecule has 3 heterocycles. The summed E-state index contributed by atoms with van der Waals surface area (Å²) in [5, 5.41) is 13.8. The van der Waals surface area contributed by atoms with Crippen LogP contribution in [0.2, 0.25) is 0 Å². The van der Waals surface area contributed by atoms with Crippen LogP contribution < -0.4 is 0 Å². The third-order valence-corrected chi connectivity index (χ3v) is 6.17. The van der Waals surface area contributed by atoms with Gasteiger partial charge in [0.05, 0.1) is 18.5 Å². The lowest BCUT2D eigenvalue weighted by atomic mass is 9.73. The molecule has 2 aliphatic rings. The molecule has 2 aliphatic heterocycles. The van der Waals surface area contributed by atoms with Crippen LogP contribution in [0.15, 0.2) is 36.7 Å². The molecule has 1 spiro atoms. The van der Waals surface area contributed by atoms with Crippen LogP contribution in [0.4, 0.5) is 0 Å². The lowest BCUT2D eigenvalue weighted by molar-refractivity contribution is -0.140. The van der Waals surface area contributed by atoms with E-state index in [1.807, 2.05) is 15.8 Å². The van der Waals surface area contributed by atoms with Crippen LogP contribution in [-0.2, 0) is 11.3 Å². The number of aromatic nitrogens is 2. The Morgan fingerprint density at radius 3 is 2.96 bits per heavy atom. The van der Waals surface area contributed by atoms with Gasteiger partial charge < -0.3 is 10.0 Å². The molecule has 0 saturated carbocycles. The lowest BCUT2D eigenvalue weighted by Gasteiger charge is -2.48. The van der Waals surface area contributed by atoms with Crippen molar-refractivity contribution in [1.82, 2.24) is 19.6 Å². The average Bonchev–Trinajstić information content (AvgIpc) is 3.14. The van der Waals surface area contributed by atoms with Gasteiger partial charge in [-0.25, -0.2) is 4.68 Å². The maximum Gasteiger partial charge on any atom is 0.222 e. The molecule has 1 unspecified atom stereocenters. The van der Waals surface area contributed by atoms with Gasteiger partial charge in [0.2, 0.25) is 5.91 Å². The lowest BCUT2D eigenvalue weighted by Crippen LogP contribution is -2.54. The number of amides is 1. The summed E-state index contributed by atoms with van der Waals surface area (Å²) in [7, 11) is 0. The zero-order valence-electron chi connectivity index (χ0n) is 16.7. The monoisotopic (exact) mass is 382 g/mol. The number of carbonyl (C=O) groups excluding carboxylic acids is 1. The topological polar surface area (TPSA) is 61.6 Å². The number of piperidine rings is 2. The van der Waals surface area contributed by atoms with Gasteiger partial charge in [-0.2, -0.15) is 5.10 Å². The van der Waals surface area contributed by atoms with Gasteiger partial charge >= 0.3 is 0 Å². The highest BCUT2D eigenvalue weighted by molar-refractivity contribution is 5.77. The van der Waals surface area contributed by atoms with Crippen molar-refractivity contribution in [3.63, 3.8) is 0 Å². The second kappa shape index (κ2) is 8.05. The number of rotatable bonds is 5. The predicted molar refractivity (Wildman–Crippen MR) is 108 cm³/mol. The van der Waals surface area contributed by atoms with Crippen LogP contribution in [-0.4, -0.2) is 63.4 Å². The molecule has 0 aliphatic carbocycles. The first-order valence-electron chi connectivity index (χ1n) is 10.3. The van der Waals surface area contributed by atoms with E-state index in [0.29, 0.717) is 13.0 Å². The summed E-state index contributed by atoms with van der Waals surface area (Å²) in [6, 6.07) is 8.37. The summed E-state index contributed by atoms with van der Waals surface area (Å²) in [4.78, 5) is 16.5. The molecule has 1 amide bonds. The van der Waals surface area contributed by atoms with Gasteiger partial charge in [0.25, 0.3) is 0 Å². The fourth-order valence-electron chi connectivity index (χ4n) is 4.82. The minimum absolute atomic E-state index is 0.0453. The molecule has 2 fully saturated rings. The first-order valence-corrected chi connectivity index (χ1v) is 10.3. The summed E-state index contributed by atoms with van der Waals surface area (Å²) in [6.07, 6.45) is 7.99. The number of β-amino-alcohol motifs (C(OH)–C–C–N with tert-alkyl or cyclic N) is 1. The zero-order valence-corrected chi connectivity index (χ0v) is 16.7. The van der Waals surface area contributed by atoms with Crippen molar-refractivity contribution < 1.29 is 9.90 Å². The summed E-state index contributed by atoms with van der Waals surface area (Å²) in [5.74, 6) is 0.191. The SMILES string of the molecule is Cc1cccc(-n2cc(CN3CCCC4(CCC(=O)N(CCO)C4)C3)cn2)c1. The van der Waals surface area contributed by atoms with E-state index in [1.165, 1.54) is 17.5 Å². The Labute approximate surface area is 166 Å². The van der Waals surface area contributed by atoms with Crippen LogP contribution in [0.5, 0.6) is 0 Å². The minimum Gasteiger partial charge on any atom is -0.395 e. The Bertz CT molecular complexity index is 833. The number of aliphatic hydroxyl groups excluding tert-OH is 1. The minimum atomic E-state index is 0.0453. The van der Waals surface area contributed by atoms with Crippen molar-refractivity contribution in [2.45, 2.75) is 39.2 Å². The molecule has 0 bridgehead atoms. The fraction of sp³-hybridized carbons (Fsp3) is 0.545. The fourth-order valence-corrected chi connectivity index (χ4v) is 4.82. The smallest absolute Gasteiger partial charge is 0.222 e. The second-order valence-electron chi connectivity index (χ2n) is 8.49. The van der Waals surface area contributed by atoms with Crippen LogP contribution in [0, 0.1) is 12.3 Å². The summed E-state index contributed by atoms with van der Waals surface area (Å²) >= 11 is 0. The molecule has 2 aromatic rings. The van der Waals surface area contributed by atoms with E-state index in [2.05, 4.69) is 47.4 Å². The molecule has 4 rings (SSSR count). The maximum atomic E-state index is 12.1. The number of likely N-dealkylation sites (tertiary alicyclic amines) is 2. The molecule has 1 N–H and O–H groups in total. The Balaban J connectivity index is 1.42. The third kappa shape index (κ3) is 4.13. The molecular formula is C22H30N4O2. The van der Waals surface area contributed by atoms with Gasteiger partial charge in [-0.05, 0) is 50.4 Å². The second-order valence-corrected chi connectivity index (χ2v) is 8.49. The Kier molecular flexibility index (Phi) is 5.51. The Morgan fingerprint density at radius 1 is 1.25 bits per heavy atom. The molecule has 28 heavy (non-hydrogen) atoms. The van der Waals surface area contributed by atoms with E-state index in [-0.39, 0.29) is 17.9 Å². The van der Waals surface area contributed by atoms with Gasteiger partial charge in [0.15, 0.2) is 0 Å². The van der Waals surface area contributed by atoms with E-state index in [9.17, 15) is 9.90 Å². The third-order valence-electron chi connectivity index (χ3n) is 6.17. The number of nitrogens with zero attached hydrogens (tertiary/aromatic N) is 4. The summed E-state index contributed by atoms with van der Waals surface area (Å²) in [6.45, 7) is 6.37. The molecule has 1 aromatic heterocycles. The molecule has 6 nitrogen and oxygen atoms in total. The van der Waals surface area contributed by atoms with Gasteiger partial charge in [-0.3, -0.25) is 9.69 Å².